The van der Waals surface area contributed by atoms with Gasteiger partial charge in [-0.05, 0) is 55.2 Å². The molecule has 7 nitrogen and oxygen atoms in total. The van der Waals surface area contributed by atoms with E-state index in [2.05, 4.69) is 5.32 Å². The number of halogens is 3. The Bertz CT molecular complexity index is 1110. The van der Waals surface area contributed by atoms with E-state index in [1.54, 1.807) is 18.2 Å². The summed E-state index contributed by atoms with van der Waals surface area (Å²) in [7, 11) is -1.58. The van der Waals surface area contributed by atoms with Crippen LogP contribution in [-0.4, -0.2) is 45.4 Å². The topological polar surface area (TPSA) is 84.9 Å². The van der Waals surface area contributed by atoms with Crippen molar-refractivity contribution in [3.05, 3.63) is 53.6 Å². The molecule has 0 saturated carbocycles. The number of sulfonamides is 1. The molecule has 11 heteroatoms. The molecule has 1 amide bonds. The van der Waals surface area contributed by atoms with Gasteiger partial charge in [-0.1, -0.05) is 12.1 Å². The largest absolute Gasteiger partial charge is 0.493 e. The highest BCUT2D eigenvalue weighted by molar-refractivity contribution is 7.89. The molecule has 0 bridgehead atoms. The van der Waals surface area contributed by atoms with Crippen molar-refractivity contribution in [1.82, 2.24) is 9.62 Å². The van der Waals surface area contributed by atoms with Crippen molar-refractivity contribution >= 4 is 15.9 Å². The number of hydrogen-bond acceptors (Lipinski definition) is 5. The van der Waals surface area contributed by atoms with Gasteiger partial charge in [0.15, 0.2) is 11.5 Å². The van der Waals surface area contributed by atoms with E-state index in [1.807, 2.05) is 0 Å². The van der Waals surface area contributed by atoms with Gasteiger partial charge < -0.3 is 14.8 Å². The molecule has 1 aliphatic rings. The van der Waals surface area contributed by atoms with Crippen LogP contribution in [0.2, 0.25) is 0 Å². The third kappa shape index (κ3) is 5.59. The van der Waals surface area contributed by atoms with Crippen molar-refractivity contribution in [3.8, 4) is 11.5 Å². The van der Waals surface area contributed by atoms with Crippen LogP contribution in [0.3, 0.4) is 0 Å². The average molecular weight is 487 g/mol. The van der Waals surface area contributed by atoms with E-state index < -0.39 is 38.6 Å². The van der Waals surface area contributed by atoms with E-state index in [9.17, 15) is 26.4 Å². The molecule has 1 saturated heterocycles. The first-order chi connectivity index (χ1) is 15.6. The standard InChI is InChI=1S/C22H25F3N2O5S/c1-31-19-10-9-15(12-20(19)32-2)14-27(18-8-3-4-11-26-21(18)28)33(29,30)17-7-5-6-16(13-17)22(23,24)25/h5-7,9-10,12-13,18H,3-4,8,11,14H2,1-2H3,(H,26,28). The Morgan fingerprint density at radius 2 is 1.79 bits per heavy atom. The number of hydrogen-bond donors (Lipinski definition) is 1. The molecule has 2 aromatic rings. The Labute approximate surface area is 190 Å². The number of benzene rings is 2. The number of carbonyl (C=O) groups excluding carboxylic acids is 1. The Kier molecular flexibility index (Phi) is 7.53. The number of carbonyl (C=O) groups is 1. The van der Waals surface area contributed by atoms with Crippen LogP contribution in [0.1, 0.15) is 30.4 Å². The third-order valence-corrected chi connectivity index (χ3v) is 7.26. The number of nitrogens with one attached hydrogen (secondary N) is 1. The molecule has 0 radical (unpaired) electrons. The molecule has 1 N–H and O–H groups in total. The van der Waals surface area contributed by atoms with Crippen LogP contribution < -0.4 is 14.8 Å². The van der Waals surface area contributed by atoms with E-state index in [-0.39, 0.29) is 13.0 Å². The summed E-state index contributed by atoms with van der Waals surface area (Å²) in [4.78, 5) is 12.2. The Balaban J connectivity index is 2.08. The lowest BCUT2D eigenvalue weighted by molar-refractivity contribution is -0.137. The van der Waals surface area contributed by atoms with E-state index in [4.69, 9.17) is 9.47 Å². The summed E-state index contributed by atoms with van der Waals surface area (Å²) in [6.07, 6.45) is -3.20. The maximum Gasteiger partial charge on any atom is 0.416 e. The summed E-state index contributed by atoms with van der Waals surface area (Å²) in [6, 6.07) is 7.24. The minimum absolute atomic E-state index is 0.239. The maximum absolute atomic E-state index is 13.6. The zero-order valence-corrected chi connectivity index (χ0v) is 19.0. The summed E-state index contributed by atoms with van der Waals surface area (Å²) >= 11 is 0. The Morgan fingerprint density at radius 3 is 2.45 bits per heavy atom. The zero-order chi connectivity index (χ0) is 24.2. The molecule has 0 aromatic heterocycles. The van der Waals surface area contributed by atoms with E-state index >= 15 is 0 Å². The molecule has 1 heterocycles. The minimum atomic E-state index is -4.71. The molecular weight excluding hydrogens is 461 g/mol. The summed E-state index contributed by atoms with van der Waals surface area (Å²) in [5, 5.41) is 2.69. The lowest BCUT2D eigenvalue weighted by atomic mass is 10.1. The summed E-state index contributed by atoms with van der Waals surface area (Å²) in [6.45, 7) is 0.167. The summed E-state index contributed by atoms with van der Waals surface area (Å²) < 4.78 is 78.3. The Hall–Kier alpha value is -2.79. The fraction of sp³-hybridized carbons (Fsp3) is 0.409. The van der Waals surface area contributed by atoms with Gasteiger partial charge in [-0.15, -0.1) is 0 Å². The van der Waals surface area contributed by atoms with Crippen LogP contribution in [0, 0.1) is 0 Å². The highest BCUT2D eigenvalue weighted by Crippen LogP contribution is 2.33. The molecule has 180 valence electrons. The maximum atomic E-state index is 13.6. The molecular formula is C22H25F3N2O5S. The van der Waals surface area contributed by atoms with Gasteiger partial charge in [-0.2, -0.15) is 17.5 Å². The Morgan fingerprint density at radius 1 is 1.06 bits per heavy atom. The van der Waals surface area contributed by atoms with Gasteiger partial charge in [0, 0.05) is 13.1 Å². The van der Waals surface area contributed by atoms with Gasteiger partial charge in [-0.3, -0.25) is 4.79 Å². The van der Waals surface area contributed by atoms with Gasteiger partial charge >= 0.3 is 6.18 Å². The molecule has 1 aliphatic heterocycles. The third-order valence-electron chi connectivity index (χ3n) is 5.41. The van der Waals surface area contributed by atoms with Crippen LogP contribution in [-0.2, 0) is 27.5 Å². The summed E-state index contributed by atoms with van der Waals surface area (Å²) in [5.41, 5.74) is -0.597. The SMILES string of the molecule is COc1ccc(CN(C2CCCCNC2=O)S(=O)(=O)c2cccc(C(F)(F)F)c2)cc1OC. The number of alkyl halides is 3. The number of amides is 1. The smallest absolute Gasteiger partial charge is 0.416 e. The fourth-order valence-electron chi connectivity index (χ4n) is 3.69. The first-order valence-corrected chi connectivity index (χ1v) is 11.7. The van der Waals surface area contributed by atoms with Gasteiger partial charge in [0.1, 0.15) is 6.04 Å². The average Bonchev–Trinajstić information content (AvgIpc) is 3.00. The molecule has 1 atom stereocenters. The first-order valence-electron chi connectivity index (χ1n) is 10.3. The van der Waals surface area contributed by atoms with Crippen LogP contribution in [0.4, 0.5) is 13.2 Å². The van der Waals surface area contributed by atoms with Crippen molar-refractivity contribution in [3.63, 3.8) is 0 Å². The molecule has 2 aromatic carbocycles. The predicted octanol–water partition coefficient (Wildman–Crippen LogP) is 3.58. The van der Waals surface area contributed by atoms with Gasteiger partial charge in [0.05, 0.1) is 24.7 Å². The van der Waals surface area contributed by atoms with Crippen LogP contribution >= 0.6 is 0 Å². The molecule has 0 spiro atoms. The zero-order valence-electron chi connectivity index (χ0n) is 18.2. The van der Waals surface area contributed by atoms with Gasteiger partial charge in [-0.25, -0.2) is 8.42 Å². The van der Waals surface area contributed by atoms with Crippen molar-refractivity contribution in [2.75, 3.05) is 20.8 Å². The quantitative estimate of drug-likeness (QED) is 0.647. The molecule has 1 fully saturated rings. The fourth-order valence-corrected chi connectivity index (χ4v) is 5.34. The van der Waals surface area contributed by atoms with Crippen LogP contribution in [0.5, 0.6) is 11.5 Å². The second-order valence-electron chi connectivity index (χ2n) is 7.57. The van der Waals surface area contributed by atoms with Gasteiger partial charge in [0.25, 0.3) is 0 Å². The number of rotatable bonds is 7. The second kappa shape index (κ2) is 10.0. The first kappa shape index (κ1) is 24.8. The highest BCUT2D eigenvalue weighted by atomic mass is 32.2. The van der Waals surface area contributed by atoms with Crippen molar-refractivity contribution in [1.29, 1.82) is 0 Å². The predicted molar refractivity (Wildman–Crippen MR) is 114 cm³/mol. The van der Waals surface area contributed by atoms with Gasteiger partial charge in [0.2, 0.25) is 15.9 Å². The van der Waals surface area contributed by atoms with Crippen molar-refractivity contribution < 1.29 is 35.9 Å². The van der Waals surface area contributed by atoms with Crippen LogP contribution in [0.15, 0.2) is 47.4 Å². The number of methoxy groups -OCH3 is 2. The van der Waals surface area contributed by atoms with Crippen molar-refractivity contribution in [2.24, 2.45) is 0 Å². The lowest BCUT2D eigenvalue weighted by Crippen LogP contribution is -2.48. The number of ether oxygens (including phenoxy) is 2. The minimum Gasteiger partial charge on any atom is -0.493 e. The van der Waals surface area contributed by atoms with Crippen molar-refractivity contribution in [2.45, 2.75) is 42.9 Å². The summed E-state index contributed by atoms with van der Waals surface area (Å²) in [5.74, 6) is 0.306. The molecule has 0 aliphatic carbocycles. The van der Waals surface area contributed by atoms with E-state index in [1.165, 1.54) is 14.2 Å². The molecule has 3 rings (SSSR count). The molecule has 1 unspecified atom stereocenters. The second-order valence-corrected chi connectivity index (χ2v) is 9.46. The van der Waals surface area contributed by atoms with E-state index in [0.717, 1.165) is 22.5 Å². The monoisotopic (exact) mass is 486 g/mol. The van der Waals surface area contributed by atoms with E-state index in [0.29, 0.717) is 42.5 Å². The lowest BCUT2D eigenvalue weighted by Gasteiger charge is -2.29. The normalized spacial score (nSPS) is 17.4. The molecule has 33 heavy (non-hydrogen) atoms. The van der Waals surface area contributed by atoms with Crippen LogP contribution in [0.25, 0.3) is 0 Å². The highest BCUT2D eigenvalue weighted by Gasteiger charge is 2.38. The number of nitrogens with zero attached hydrogens (tertiary/aromatic N) is 1.